The van der Waals surface area contributed by atoms with Gasteiger partial charge in [-0.25, -0.2) is 0 Å². The third-order valence-corrected chi connectivity index (χ3v) is 3.23. The average molecular weight is 404 g/mol. The molecule has 0 aromatic heterocycles. The number of Topliss-reactive ketones (excluding diaryl/α,β-unsaturated/α-hetero) is 1. The zero-order chi connectivity index (χ0) is 9.30. The number of carbonyl (C=O) groups is 1. The molecule has 0 saturated heterocycles. The van der Waals surface area contributed by atoms with Crippen molar-refractivity contribution in [2.75, 3.05) is 0 Å². The molecule has 64 valence electrons. The van der Waals surface area contributed by atoms with Crippen molar-refractivity contribution in [3.63, 3.8) is 0 Å². The summed E-state index contributed by atoms with van der Waals surface area (Å²) in [5.41, 5.74) is 0.704. The first-order chi connectivity index (χ1) is 5.52. The summed E-state index contributed by atoms with van der Waals surface area (Å²) in [7, 11) is 0. The molecule has 0 unspecified atom stereocenters. The van der Waals surface area contributed by atoms with E-state index in [0.717, 1.165) is 12.5 Å². The standard InChI is InChI=1S/C8H5Br2IO/c1-4(12)8-6(9)2-5(11)3-7(8)10/h2-3H,1H3. The van der Waals surface area contributed by atoms with Gasteiger partial charge in [0.15, 0.2) is 5.78 Å². The second-order valence-electron chi connectivity index (χ2n) is 2.30. The van der Waals surface area contributed by atoms with E-state index in [1.54, 1.807) is 6.92 Å². The Kier molecular flexibility index (Phi) is 3.73. The Hall–Kier alpha value is 0.580. The van der Waals surface area contributed by atoms with Crippen molar-refractivity contribution >= 4 is 60.2 Å². The Balaban J connectivity index is 3.38. The van der Waals surface area contributed by atoms with Crippen LogP contribution in [-0.4, -0.2) is 5.78 Å². The fourth-order valence-corrected chi connectivity index (χ4v) is 4.10. The first kappa shape index (κ1) is 10.7. The number of ketones is 1. The minimum atomic E-state index is 0.0603. The van der Waals surface area contributed by atoms with Gasteiger partial charge in [-0.3, -0.25) is 4.79 Å². The first-order valence-corrected chi connectivity index (χ1v) is 5.84. The lowest BCUT2D eigenvalue weighted by Crippen LogP contribution is -1.95. The van der Waals surface area contributed by atoms with Crippen LogP contribution < -0.4 is 0 Å². The van der Waals surface area contributed by atoms with Crippen LogP contribution in [0.1, 0.15) is 17.3 Å². The molecule has 1 rings (SSSR count). The zero-order valence-corrected chi connectivity index (χ0v) is 11.5. The van der Waals surface area contributed by atoms with Gasteiger partial charge in [-0.05, 0) is 73.5 Å². The van der Waals surface area contributed by atoms with Gasteiger partial charge in [0.05, 0.1) is 0 Å². The van der Waals surface area contributed by atoms with Gasteiger partial charge in [0.25, 0.3) is 0 Å². The fourth-order valence-electron chi connectivity index (χ4n) is 0.879. The van der Waals surface area contributed by atoms with E-state index in [1.165, 1.54) is 0 Å². The smallest absolute Gasteiger partial charge is 0.162 e. The lowest BCUT2D eigenvalue weighted by molar-refractivity contribution is 0.101. The molecule has 0 aliphatic heterocycles. The van der Waals surface area contributed by atoms with Gasteiger partial charge in [0, 0.05) is 18.1 Å². The molecule has 0 atom stereocenters. The van der Waals surface area contributed by atoms with Crippen LogP contribution >= 0.6 is 54.5 Å². The molecule has 0 heterocycles. The van der Waals surface area contributed by atoms with E-state index in [4.69, 9.17) is 0 Å². The summed E-state index contributed by atoms with van der Waals surface area (Å²) in [6, 6.07) is 3.84. The Labute approximate surface area is 101 Å². The van der Waals surface area contributed by atoms with Gasteiger partial charge in [0.1, 0.15) is 0 Å². The molecule has 0 radical (unpaired) electrons. The van der Waals surface area contributed by atoms with E-state index in [1.807, 2.05) is 12.1 Å². The molecule has 0 aliphatic rings. The van der Waals surface area contributed by atoms with Gasteiger partial charge in [-0.15, -0.1) is 0 Å². The van der Waals surface area contributed by atoms with Gasteiger partial charge in [-0.2, -0.15) is 0 Å². The van der Waals surface area contributed by atoms with Crippen LogP contribution in [-0.2, 0) is 0 Å². The quantitative estimate of drug-likeness (QED) is 0.511. The van der Waals surface area contributed by atoms with E-state index >= 15 is 0 Å². The maximum absolute atomic E-state index is 11.1. The van der Waals surface area contributed by atoms with Crippen molar-refractivity contribution in [3.05, 3.63) is 30.2 Å². The number of hydrogen-bond donors (Lipinski definition) is 0. The Bertz CT molecular complexity index is 313. The van der Waals surface area contributed by atoms with Crippen molar-refractivity contribution in [1.29, 1.82) is 0 Å². The second-order valence-corrected chi connectivity index (χ2v) is 5.25. The topological polar surface area (TPSA) is 17.1 Å². The molecular weight excluding hydrogens is 399 g/mol. The number of halogens is 3. The van der Waals surface area contributed by atoms with Crippen molar-refractivity contribution in [1.82, 2.24) is 0 Å². The summed E-state index contributed by atoms with van der Waals surface area (Å²) < 4.78 is 2.78. The van der Waals surface area contributed by atoms with Crippen LogP contribution in [0.5, 0.6) is 0 Å². The van der Waals surface area contributed by atoms with Crippen LogP contribution in [0.2, 0.25) is 0 Å². The maximum atomic E-state index is 11.1. The molecule has 1 aromatic rings. The zero-order valence-electron chi connectivity index (χ0n) is 6.20. The highest BCUT2D eigenvalue weighted by molar-refractivity contribution is 14.1. The predicted molar refractivity (Wildman–Crippen MR) is 64.6 cm³/mol. The summed E-state index contributed by atoms with van der Waals surface area (Å²) >= 11 is 8.89. The minimum Gasteiger partial charge on any atom is -0.294 e. The van der Waals surface area contributed by atoms with Gasteiger partial charge in [-0.1, -0.05) is 0 Å². The Morgan fingerprint density at radius 3 is 2.08 bits per heavy atom. The summed E-state index contributed by atoms with van der Waals surface area (Å²) in [4.78, 5) is 11.1. The molecule has 0 fully saturated rings. The van der Waals surface area contributed by atoms with Crippen molar-refractivity contribution < 1.29 is 4.79 Å². The number of carbonyl (C=O) groups excluding carboxylic acids is 1. The third-order valence-electron chi connectivity index (χ3n) is 1.36. The Morgan fingerprint density at radius 2 is 1.75 bits per heavy atom. The lowest BCUT2D eigenvalue weighted by Gasteiger charge is -2.03. The molecule has 0 spiro atoms. The summed E-state index contributed by atoms with van der Waals surface area (Å²) in [6.45, 7) is 1.55. The average Bonchev–Trinajstić information content (AvgIpc) is 1.82. The van der Waals surface area contributed by atoms with Gasteiger partial charge >= 0.3 is 0 Å². The van der Waals surface area contributed by atoms with Crippen LogP contribution in [0.3, 0.4) is 0 Å². The molecule has 0 N–H and O–H groups in total. The Morgan fingerprint density at radius 1 is 1.33 bits per heavy atom. The predicted octanol–water partition coefficient (Wildman–Crippen LogP) is 4.02. The van der Waals surface area contributed by atoms with Crippen LogP contribution in [0.4, 0.5) is 0 Å². The highest BCUT2D eigenvalue weighted by Crippen LogP contribution is 2.28. The van der Waals surface area contributed by atoms with E-state index in [9.17, 15) is 4.79 Å². The minimum absolute atomic E-state index is 0.0603. The largest absolute Gasteiger partial charge is 0.294 e. The monoisotopic (exact) mass is 402 g/mol. The lowest BCUT2D eigenvalue weighted by atomic mass is 10.2. The van der Waals surface area contributed by atoms with Crippen LogP contribution in [0.25, 0.3) is 0 Å². The molecule has 0 saturated carbocycles. The number of benzene rings is 1. The molecular formula is C8H5Br2IO. The molecule has 1 aromatic carbocycles. The van der Waals surface area contributed by atoms with Gasteiger partial charge in [0.2, 0.25) is 0 Å². The molecule has 0 aliphatic carbocycles. The third kappa shape index (κ3) is 2.29. The highest BCUT2D eigenvalue weighted by Gasteiger charge is 2.10. The molecule has 12 heavy (non-hydrogen) atoms. The SMILES string of the molecule is CC(=O)c1c(Br)cc(I)cc1Br. The summed E-state index contributed by atoms with van der Waals surface area (Å²) in [5.74, 6) is 0.0603. The van der Waals surface area contributed by atoms with E-state index in [2.05, 4.69) is 54.5 Å². The number of hydrogen-bond acceptors (Lipinski definition) is 1. The fraction of sp³-hybridized carbons (Fsp3) is 0.125. The summed E-state index contributed by atoms with van der Waals surface area (Å²) in [5, 5.41) is 0. The maximum Gasteiger partial charge on any atom is 0.162 e. The van der Waals surface area contributed by atoms with E-state index in [-0.39, 0.29) is 5.78 Å². The molecule has 1 nitrogen and oxygen atoms in total. The van der Waals surface area contributed by atoms with E-state index in [0.29, 0.717) is 5.56 Å². The van der Waals surface area contributed by atoms with Gasteiger partial charge < -0.3 is 0 Å². The van der Waals surface area contributed by atoms with E-state index < -0.39 is 0 Å². The van der Waals surface area contributed by atoms with Crippen molar-refractivity contribution in [2.24, 2.45) is 0 Å². The normalized spacial score (nSPS) is 10.0. The second kappa shape index (κ2) is 4.19. The molecule has 0 amide bonds. The van der Waals surface area contributed by atoms with Crippen molar-refractivity contribution in [2.45, 2.75) is 6.92 Å². The molecule has 0 bridgehead atoms. The molecule has 4 heteroatoms. The number of rotatable bonds is 1. The van der Waals surface area contributed by atoms with Crippen LogP contribution in [0.15, 0.2) is 21.1 Å². The first-order valence-electron chi connectivity index (χ1n) is 3.18. The van der Waals surface area contributed by atoms with Crippen molar-refractivity contribution in [3.8, 4) is 0 Å². The summed E-state index contributed by atoms with van der Waals surface area (Å²) in [6.07, 6.45) is 0. The highest BCUT2D eigenvalue weighted by atomic mass is 127. The van der Waals surface area contributed by atoms with Crippen LogP contribution in [0, 0.1) is 3.57 Å².